The number of hydrogen-bond acceptors (Lipinski definition) is 2. The van der Waals surface area contributed by atoms with E-state index in [1.165, 1.54) is 25.7 Å². The Morgan fingerprint density at radius 2 is 1.90 bits per heavy atom. The fourth-order valence-corrected chi connectivity index (χ4v) is 3.93. The van der Waals surface area contributed by atoms with Crippen LogP contribution in [0.15, 0.2) is 24.3 Å². The minimum atomic E-state index is -0.116. The number of benzene rings is 1. The topological polar surface area (TPSA) is 58.2 Å². The minimum absolute atomic E-state index is 0.0974. The molecule has 0 saturated heterocycles. The van der Waals surface area contributed by atoms with Gasteiger partial charge in [0.05, 0.1) is 0 Å². The van der Waals surface area contributed by atoms with Crippen LogP contribution in [0.25, 0.3) is 0 Å². The smallest absolute Gasteiger partial charge is 0.251 e. The van der Waals surface area contributed by atoms with Crippen LogP contribution in [-0.2, 0) is 4.79 Å². The second-order valence-corrected chi connectivity index (χ2v) is 6.34. The van der Waals surface area contributed by atoms with Gasteiger partial charge in [-0.1, -0.05) is 6.42 Å². The molecule has 0 spiro atoms. The van der Waals surface area contributed by atoms with Gasteiger partial charge in [0.25, 0.3) is 5.91 Å². The van der Waals surface area contributed by atoms with Gasteiger partial charge in [-0.2, -0.15) is 0 Å². The average molecular weight is 286 g/mol. The molecule has 0 radical (unpaired) electrons. The molecule has 0 aromatic heterocycles. The second kappa shape index (κ2) is 5.88. The van der Waals surface area contributed by atoms with E-state index in [9.17, 15) is 9.59 Å². The average Bonchev–Trinajstić information content (AvgIpc) is 3.09. The Hall–Kier alpha value is -1.84. The van der Waals surface area contributed by atoms with Crippen molar-refractivity contribution in [2.75, 3.05) is 12.4 Å². The molecule has 1 aromatic carbocycles. The molecular formula is C17H22N2O2. The number of carbonyl (C=O) groups excluding carboxylic acids is 2. The summed E-state index contributed by atoms with van der Waals surface area (Å²) in [6.45, 7) is 0. The third-order valence-electron chi connectivity index (χ3n) is 4.99. The molecule has 2 saturated carbocycles. The molecular weight excluding hydrogens is 264 g/mol. The van der Waals surface area contributed by atoms with E-state index in [1.807, 2.05) is 0 Å². The molecule has 3 rings (SSSR count). The largest absolute Gasteiger partial charge is 0.355 e. The number of rotatable bonds is 4. The fraction of sp³-hybridized carbons (Fsp3) is 0.529. The maximum absolute atomic E-state index is 12.1. The van der Waals surface area contributed by atoms with Gasteiger partial charge < -0.3 is 10.6 Å². The van der Waals surface area contributed by atoms with E-state index in [-0.39, 0.29) is 11.8 Å². The second-order valence-electron chi connectivity index (χ2n) is 6.34. The number of amides is 2. The van der Waals surface area contributed by atoms with Crippen LogP contribution in [0.4, 0.5) is 5.69 Å². The van der Waals surface area contributed by atoms with E-state index in [2.05, 4.69) is 10.6 Å². The first-order chi connectivity index (χ1) is 10.2. The van der Waals surface area contributed by atoms with Crippen LogP contribution >= 0.6 is 0 Å². The molecule has 2 N–H and O–H groups in total. The highest BCUT2D eigenvalue weighted by Crippen LogP contribution is 2.49. The van der Waals surface area contributed by atoms with Crippen molar-refractivity contribution in [3.63, 3.8) is 0 Å². The highest BCUT2D eigenvalue weighted by atomic mass is 16.2. The number of carbonyl (C=O) groups is 2. The SMILES string of the molecule is CNC(=O)c1ccc(NC(=O)C[C@H]2C[C@@H]3CC[C@@H]2C3)cc1. The van der Waals surface area contributed by atoms with Crippen molar-refractivity contribution in [2.45, 2.75) is 32.1 Å². The molecule has 2 fully saturated rings. The summed E-state index contributed by atoms with van der Waals surface area (Å²) < 4.78 is 0. The van der Waals surface area contributed by atoms with Crippen LogP contribution in [0.1, 0.15) is 42.5 Å². The van der Waals surface area contributed by atoms with Crippen LogP contribution in [-0.4, -0.2) is 18.9 Å². The lowest BCUT2D eigenvalue weighted by Gasteiger charge is -2.20. The van der Waals surface area contributed by atoms with Crippen molar-refractivity contribution in [3.05, 3.63) is 29.8 Å². The van der Waals surface area contributed by atoms with Gasteiger partial charge in [-0.15, -0.1) is 0 Å². The van der Waals surface area contributed by atoms with Crippen LogP contribution in [0.5, 0.6) is 0 Å². The number of nitrogens with one attached hydrogen (secondary N) is 2. The van der Waals surface area contributed by atoms with Crippen molar-refractivity contribution in [3.8, 4) is 0 Å². The van der Waals surface area contributed by atoms with E-state index in [0.717, 1.165) is 17.5 Å². The molecule has 0 unspecified atom stereocenters. The van der Waals surface area contributed by atoms with Crippen LogP contribution in [0.3, 0.4) is 0 Å². The van der Waals surface area contributed by atoms with E-state index in [4.69, 9.17) is 0 Å². The first kappa shape index (κ1) is 14.1. The van der Waals surface area contributed by atoms with Crippen molar-refractivity contribution >= 4 is 17.5 Å². The van der Waals surface area contributed by atoms with E-state index in [0.29, 0.717) is 17.9 Å². The first-order valence-corrected chi connectivity index (χ1v) is 7.77. The Labute approximate surface area is 125 Å². The standard InChI is InChI=1S/C17H22N2O2/c1-18-17(21)12-4-6-15(7-5-12)19-16(20)10-14-9-11-2-3-13(14)8-11/h4-7,11,13-14H,2-3,8-10H2,1H3,(H,18,21)(H,19,20)/t11-,13-,14-/m1/s1. The highest BCUT2D eigenvalue weighted by molar-refractivity contribution is 5.95. The predicted octanol–water partition coefficient (Wildman–Crippen LogP) is 2.81. The molecule has 0 heterocycles. The fourth-order valence-electron chi connectivity index (χ4n) is 3.93. The first-order valence-electron chi connectivity index (χ1n) is 7.77. The lowest BCUT2D eigenvalue weighted by Crippen LogP contribution is -2.20. The van der Waals surface area contributed by atoms with Gasteiger partial charge in [0.2, 0.25) is 5.91 Å². The lowest BCUT2D eigenvalue weighted by molar-refractivity contribution is -0.117. The van der Waals surface area contributed by atoms with Gasteiger partial charge in [0.1, 0.15) is 0 Å². The van der Waals surface area contributed by atoms with Crippen molar-refractivity contribution in [1.82, 2.24) is 5.32 Å². The van der Waals surface area contributed by atoms with Gasteiger partial charge in [-0.3, -0.25) is 9.59 Å². The summed E-state index contributed by atoms with van der Waals surface area (Å²) >= 11 is 0. The summed E-state index contributed by atoms with van der Waals surface area (Å²) in [5, 5.41) is 5.52. The molecule has 1 aromatic rings. The Kier molecular flexibility index (Phi) is 3.95. The van der Waals surface area contributed by atoms with Gasteiger partial charge in [0.15, 0.2) is 0 Å². The number of hydrogen-bond donors (Lipinski definition) is 2. The van der Waals surface area contributed by atoms with Crippen molar-refractivity contribution in [1.29, 1.82) is 0 Å². The predicted molar refractivity (Wildman–Crippen MR) is 82.0 cm³/mol. The monoisotopic (exact) mass is 286 g/mol. The molecule has 21 heavy (non-hydrogen) atoms. The summed E-state index contributed by atoms with van der Waals surface area (Å²) in [6.07, 6.45) is 5.87. The highest BCUT2D eigenvalue weighted by Gasteiger charge is 2.40. The molecule has 2 amide bonds. The molecule has 4 heteroatoms. The molecule has 2 aliphatic carbocycles. The van der Waals surface area contributed by atoms with Crippen molar-refractivity contribution in [2.24, 2.45) is 17.8 Å². The summed E-state index contributed by atoms with van der Waals surface area (Å²) in [5.74, 6) is 2.21. The summed E-state index contributed by atoms with van der Waals surface area (Å²) in [5.41, 5.74) is 1.36. The van der Waals surface area contributed by atoms with Crippen molar-refractivity contribution < 1.29 is 9.59 Å². The van der Waals surface area contributed by atoms with E-state index >= 15 is 0 Å². The molecule has 4 nitrogen and oxygen atoms in total. The van der Waals surface area contributed by atoms with Crippen LogP contribution in [0.2, 0.25) is 0 Å². The van der Waals surface area contributed by atoms with Gasteiger partial charge in [-0.05, 0) is 61.3 Å². The van der Waals surface area contributed by atoms with Gasteiger partial charge in [0, 0.05) is 24.7 Å². The third kappa shape index (κ3) is 3.09. The normalized spacial score (nSPS) is 26.6. The molecule has 2 aliphatic rings. The molecule has 2 bridgehead atoms. The van der Waals surface area contributed by atoms with Crippen LogP contribution < -0.4 is 10.6 Å². The number of anilines is 1. The number of fused-ring (bicyclic) bond motifs is 2. The maximum Gasteiger partial charge on any atom is 0.251 e. The zero-order valence-corrected chi connectivity index (χ0v) is 12.4. The Balaban J connectivity index is 1.54. The maximum atomic E-state index is 12.1. The lowest BCUT2D eigenvalue weighted by atomic mass is 9.86. The van der Waals surface area contributed by atoms with E-state index in [1.54, 1.807) is 31.3 Å². The summed E-state index contributed by atoms with van der Waals surface area (Å²) in [6, 6.07) is 7.02. The summed E-state index contributed by atoms with van der Waals surface area (Å²) in [7, 11) is 1.60. The molecule has 112 valence electrons. The van der Waals surface area contributed by atoms with Gasteiger partial charge >= 0.3 is 0 Å². The Bertz CT molecular complexity index is 538. The zero-order chi connectivity index (χ0) is 14.8. The summed E-state index contributed by atoms with van der Waals surface area (Å²) in [4.78, 5) is 23.6. The van der Waals surface area contributed by atoms with Crippen LogP contribution in [0, 0.1) is 17.8 Å². The molecule has 0 aliphatic heterocycles. The Morgan fingerprint density at radius 1 is 1.14 bits per heavy atom. The zero-order valence-electron chi connectivity index (χ0n) is 12.4. The third-order valence-corrected chi connectivity index (χ3v) is 4.99. The van der Waals surface area contributed by atoms with E-state index < -0.39 is 0 Å². The minimum Gasteiger partial charge on any atom is -0.355 e. The molecule has 3 atom stereocenters. The quantitative estimate of drug-likeness (QED) is 0.894. The Morgan fingerprint density at radius 3 is 2.48 bits per heavy atom. The van der Waals surface area contributed by atoms with Gasteiger partial charge in [-0.25, -0.2) is 0 Å².